The average Bonchev–Trinajstić information content (AvgIpc) is 3.61. The number of imide groups is 1. The number of carboxylic acid groups (broad SMARTS) is 1. The minimum absolute atomic E-state index is 0.0351. The molecule has 2 aliphatic heterocycles. The van der Waals surface area contributed by atoms with Crippen molar-refractivity contribution in [2.45, 2.75) is 51.0 Å². The number of carbonyl (C=O) groups excluding carboxylic acids is 2. The average molecular weight is 690 g/mol. The number of hydrogen-bond acceptors (Lipinski definition) is 12. The molecule has 16 heteroatoms. The Morgan fingerprint density at radius 2 is 1.80 bits per heavy atom. The lowest BCUT2D eigenvalue weighted by molar-refractivity contribution is -0.119. The Hall–Kier alpha value is -5.25. The molecule has 0 unspecified atom stereocenters. The third kappa shape index (κ3) is 5.58. The smallest absolute Gasteiger partial charge is 0.435 e. The van der Waals surface area contributed by atoms with Gasteiger partial charge in [-0.15, -0.1) is 5.10 Å². The van der Waals surface area contributed by atoms with Crippen LogP contribution in [0.5, 0.6) is 5.75 Å². The summed E-state index contributed by atoms with van der Waals surface area (Å²) in [6.45, 7) is 7.59. The molecular weight excluding hydrogens is 654 g/mol. The summed E-state index contributed by atoms with van der Waals surface area (Å²) in [6.07, 6.45) is -1.71. The second-order valence-electron chi connectivity index (χ2n) is 13.5. The Bertz CT molecular complexity index is 2160. The van der Waals surface area contributed by atoms with E-state index in [2.05, 4.69) is 20.4 Å². The summed E-state index contributed by atoms with van der Waals surface area (Å²) in [5.41, 5.74) is 0.0945. The van der Waals surface area contributed by atoms with Crippen LogP contribution in [0.2, 0.25) is 0 Å². The number of nitrogens with one attached hydrogen (secondary N) is 1. The first kappa shape index (κ1) is 32.3. The van der Waals surface area contributed by atoms with Gasteiger partial charge in [0.1, 0.15) is 28.8 Å². The minimum Gasteiger partial charge on any atom is -0.497 e. The predicted octanol–water partition coefficient (Wildman–Crippen LogP) is 4.35. The molecule has 3 aliphatic rings. The van der Waals surface area contributed by atoms with Crippen molar-refractivity contribution in [3.8, 4) is 5.75 Å². The normalized spacial score (nSPS) is 21.2. The van der Waals surface area contributed by atoms with Crippen LogP contribution in [0.15, 0.2) is 42.5 Å². The van der Waals surface area contributed by atoms with E-state index in [0.717, 1.165) is 15.1 Å². The molecule has 2 atom stereocenters. The number of ether oxygens (including phenoxy) is 2. The molecule has 0 radical (unpaired) electrons. The van der Waals surface area contributed by atoms with E-state index in [1.165, 1.54) is 7.11 Å². The fourth-order valence-corrected chi connectivity index (χ4v) is 7.94. The first-order valence-corrected chi connectivity index (χ1v) is 17.5. The number of methoxy groups -OCH3 is 1. The number of aryl methyl sites for hydroxylation is 1. The fourth-order valence-electron chi connectivity index (χ4n) is 6.73. The standard InChI is InChI=1S/C33H35N7O8S/c1-18-34-26(16-27(35-18)38-10-12-49(45,46)13-11-38)36-28-21-8-6-19(14-25(21)40(37-28)31(44)48-32(2,3)4)23-17-33(23)22-15-20(47-5)7-9-24(22)39(29(33)41)30(42)43/h6-9,14-16,23H,10-13,17H2,1-5H3,(H,42,43)(H,34,35,36,37)/t23-,33-/m0/s1. The van der Waals surface area contributed by atoms with Crippen LogP contribution < -0.4 is 19.9 Å². The summed E-state index contributed by atoms with van der Waals surface area (Å²) >= 11 is 0. The lowest BCUT2D eigenvalue weighted by atomic mass is 9.91. The number of rotatable bonds is 5. The third-order valence-corrected chi connectivity index (χ3v) is 10.7. The molecule has 1 spiro atoms. The molecule has 256 valence electrons. The van der Waals surface area contributed by atoms with Crippen molar-refractivity contribution in [2.75, 3.05) is 46.8 Å². The van der Waals surface area contributed by atoms with Crippen LogP contribution in [0.3, 0.4) is 0 Å². The van der Waals surface area contributed by atoms with Crippen molar-refractivity contribution >= 4 is 62.0 Å². The summed E-state index contributed by atoms with van der Waals surface area (Å²) in [6, 6.07) is 12.0. The fraction of sp³-hybridized carbons (Fsp3) is 0.394. The van der Waals surface area contributed by atoms with Crippen molar-refractivity contribution in [1.82, 2.24) is 19.7 Å². The van der Waals surface area contributed by atoms with Gasteiger partial charge in [0.05, 0.1) is 35.2 Å². The summed E-state index contributed by atoms with van der Waals surface area (Å²) in [5, 5.41) is 18.3. The molecule has 49 heavy (non-hydrogen) atoms. The van der Waals surface area contributed by atoms with E-state index >= 15 is 0 Å². The second-order valence-corrected chi connectivity index (χ2v) is 15.8. The molecule has 15 nitrogen and oxygen atoms in total. The number of carbonyl (C=O) groups is 3. The number of aromatic nitrogens is 4. The zero-order valence-corrected chi connectivity index (χ0v) is 28.4. The lowest BCUT2D eigenvalue weighted by Gasteiger charge is -2.28. The summed E-state index contributed by atoms with van der Waals surface area (Å²) in [5.74, 6) is 1.40. The number of nitrogens with zero attached hydrogens (tertiary/aromatic N) is 6. The number of amides is 2. The van der Waals surface area contributed by atoms with Gasteiger partial charge in [0.15, 0.2) is 15.7 Å². The zero-order chi connectivity index (χ0) is 35.0. The van der Waals surface area contributed by atoms with Crippen molar-refractivity contribution in [1.29, 1.82) is 0 Å². The second kappa shape index (κ2) is 11.1. The van der Waals surface area contributed by atoms with Crippen LogP contribution in [0, 0.1) is 6.92 Å². The number of fused-ring (bicyclic) bond motifs is 3. The van der Waals surface area contributed by atoms with Gasteiger partial charge in [-0.1, -0.05) is 6.07 Å². The SMILES string of the molecule is COc1ccc2c(c1)[C@]1(C[C@H]1c1ccc3c(Nc4cc(N5CCS(=O)(=O)CC5)nc(C)n4)nn(C(=O)OC(C)(C)C)c3c1)C(=O)N2C(=O)O. The highest BCUT2D eigenvalue weighted by molar-refractivity contribution is 7.91. The monoisotopic (exact) mass is 689 g/mol. The van der Waals surface area contributed by atoms with E-state index in [-0.39, 0.29) is 17.4 Å². The van der Waals surface area contributed by atoms with Crippen LogP contribution in [0.25, 0.3) is 10.9 Å². The van der Waals surface area contributed by atoms with Crippen LogP contribution in [-0.4, -0.2) is 88.7 Å². The summed E-state index contributed by atoms with van der Waals surface area (Å²) in [7, 11) is -1.58. The molecule has 2 fully saturated rings. The molecule has 2 aromatic heterocycles. The summed E-state index contributed by atoms with van der Waals surface area (Å²) in [4.78, 5) is 51.1. The number of benzene rings is 2. The van der Waals surface area contributed by atoms with Gasteiger partial charge in [0.2, 0.25) is 5.91 Å². The van der Waals surface area contributed by atoms with Gasteiger partial charge in [-0.2, -0.15) is 4.68 Å². The van der Waals surface area contributed by atoms with E-state index in [4.69, 9.17) is 9.47 Å². The van der Waals surface area contributed by atoms with Gasteiger partial charge in [-0.25, -0.2) is 32.9 Å². The highest BCUT2D eigenvalue weighted by Crippen LogP contribution is 2.67. The van der Waals surface area contributed by atoms with Crippen molar-refractivity contribution in [2.24, 2.45) is 0 Å². The molecule has 2 N–H and O–H groups in total. The molecule has 4 heterocycles. The maximum absolute atomic E-state index is 13.7. The number of sulfone groups is 1. The van der Waals surface area contributed by atoms with Gasteiger partial charge in [-0.05, 0) is 75.6 Å². The van der Waals surface area contributed by atoms with E-state index in [1.54, 1.807) is 64.1 Å². The Labute approximate surface area is 281 Å². The van der Waals surface area contributed by atoms with Gasteiger partial charge in [0.25, 0.3) is 0 Å². The van der Waals surface area contributed by atoms with Crippen molar-refractivity contribution < 1.29 is 37.4 Å². The Morgan fingerprint density at radius 1 is 1.06 bits per heavy atom. The van der Waals surface area contributed by atoms with Gasteiger partial charge in [-0.3, -0.25) is 4.79 Å². The topological polar surface area (TPSA) is 186 Å². The Morgan fingerprint density at radius 3 is 2.47 bits per heavy atom. The largest absolute Gasteiger partial charge is 0.497 e. The van der Waals surface area contributed by atoms with Crippen LogP contribution in [-0.2, 0) is 24.8 Å². The molecule has 2 amide bonds. The van der Waals surface area contributed by atoms with Gasteiger partial charge < -0.3 is 24.8 Å². The highest BCUT2D eigenvalue weighted by Gasteiger charge is 2.68. The van der Waals surface area contributed by atoms with Crippen LogP contribution in [0.1, 0.15) is 50.1 Å². The maximum Gasteiger partial charge on any atom is 0.435 e. The molecule has 0 bridgehead atoms. The number of hydrogen-bond donors (Lipinski definition) is 2. The Balaban J connectivity index is 1.27. The van der Waals surface area contributed by atoms with E-state index in [0.29, 0.717) is 70.7 Å². The third-order valence-electron chi connectivity index (χ3n) is 9.08. The van der Waals surface area contributed by atoms with Gasteiger partial charge >= 0.3 is 12.2 Å². The quantitative estimate of drug-likeness (QED) is 0.301. The van der Waals surface area contributed by atoms with Crippen molar-refractivity contribution in [3.05, 3.63) is 59.4 Å². The van der Waals surface area contributed by atoms with E-state index in [9.17, 15) is 27.9 Å². The predicted molar refractivity (Wildman–Crippen MR) is 180 cm³/mol. The molecule has 1 aliphatic carbocycles. The minimum atomic E-state index is -3.09. The summed E-state index contributed by atoms with van der Waals surface area (Å²) < 4.78 is 36.2. The molecular formula is C33H35N7O8S. The van der Waals surface area contributed by atoms with Crippen molar-refractivity contribution in [3.63, 3.8) is 0 Å². The van der Waals surface area contributed by atoms with E-state index in [1.807, 2.05) is 11.0 Å². The molecule has 1 saturated carbocycles. The first-order valence-electron chi connectivity index (χ1n) is 15.7. The van der Waals surface area contributed by atoms with Crippen LogP contribution in [0.4, 0.5) is 32.7 Å². The Kier molecular flexibility index (Phi) is 7.35. The lowest BCUT2D eigenvalue weighted by Crippen LogP contribution is -2.40. The molecule has 2 aromatic carbocycles. The molecule has 4 aromatic rings. The molecule has 1 saturated heterocycles. The maximum atomic E-state index is 13.7. The number of anilines is 4. The highest BCUT2D eigenvalue weighted by atomic mass is 32.2. The first-order chi connectivity index (χ1) is 23.1. The van der Waals surface area contributed by atoms with Gasteiger partial charge in [0, 0.05) is 30.5 Å². The van der Waals surface area contributed by atoms with Crippen LogP contribution >= 0.6 is 0 Å². The van der Waals surface area contributed by atoms with E-state index < -0.39 is 38.9 Å². The zero-order valence-electron chi connectivity index (χ0n) is 27.6. The molecule has 7 rings (SSSR count).